The number of carbonyl (C=O) groups excluding carboxylic acids is 3. The molecule has 0 saturated carbocycles. The SMILES string of the molecule is COC(=O)CN(CC(=O)OC)C(=O)c1cccc(S(=O)(=O)Nc2ccc(C)cc2)c1. The van der Waals surface area contributed by atoms with Crippen LogP contribution in [0.3, 0.4) is 0 Å². The van der Waals surface area contributed by atoms with Crippen LogP contribution in [-0.2, 0) is 29.1 Å². The molecular formula is C20H22N2O7S. The smallest absolute Gasteiger partial charge is 0.325 e. The van der Waals surface area contributed by atoms with Gasteiger partial charge in [0.15, 0.2) is 0 Å². The molecule has 1 N–H and O–H groups in total. The summed E-state index contributed by atoms with van der Waals surface area (Å²) in [5.41, 5.74) is 1.33. The molecule has 0 atom stereocenters. The van der Waals surface area contributed by atoms with Gasteiger partial charge in [0.2, 0.25) is 0 Å². The van der Waals surface area contributed by atoms with E-state index in [-0.39, 0.29) is 10.5 Å². The van der Waals surface area contributed by atoms with Crippen molar-refractivity contribution in [2.75, 3.05) is 32.0 Å². The molecule has 0 aromatic heterocycles. The van der Waals surface area contributed by atoms with Crippen LogP contribution in [0.15, 0.2) is 53.4 Å². The standard InChI is InChI=1S/C20H22N2O7S/c1-14-7-9-16(10-8-14)21-30(26,27)17-6-4-5-15(11-17)20(25)22(12-18(23)28-2)13-19(24)29-3/h4-11,21H,12-13H2,1-3H3. The highest BCUT2D eigenvalue weighted by Gasteiger charge is 2.24. The third-order valence-electron chi connectivity index (χ3n) is 4.08. The second-order valence-electron chi connectivity index (χ2n) is 6.31. The molecule has 0 fully saturated rings. The average Bonchev–Trinajstić information content (AvgIpc) is 2.74. The van der Waals surface area contributed by atoms with E-state index in [4.69, 9.17) is 0 Å². The summed E-state index contributed by atoms with van der Waals surface area (Å²) in [6.45, 7) is 0.883. The van der Waals surface area contributed by atoms with Crippen LogP contribution < -0.4 is 4.72 Å². The van der Waals surface area contributed by atoms with Crippen LogP contribution in [0, 0.1) is 6.92 Å². The quantitative estimate of drug-likeness (QED) is 0.627. The number of hydrogen-bond acceptors (Lipinski definition) is 7. The van der Waals surface area contributed by atoms with Crippen LogP contribution in [0.1, 0.15) is 15.9 Å². The second-order valence-corrected chi connectivity index (χ2v) is 8.00. The highest BCUT2D eigenvalue weighted by Crippen LogP contribution is 2.18. The van der Waals surface area contributed by atoms with Gasteiger partial charge in [0.1, 0.15) is 13.1 Å². The van der Waals surface area contributed by atoms with Crippen molar-refractivity contribution in [3.63, 3.8) is 0 Å². The number of benzene rings is 2. The van der Waals surface area contributed by atoms with Crippen LogP contribution in [0.4, 0.5) is 5.69 Å². The molecule has 160 valence electrons. The summed E-state index contributed by atoms with van der Waals surface area (Å²) in [5.74, 6) is -2.20. The van der Waals surface area contributed by atoms with Gasteiger partial charge in [-0.05, 0) is 37.3 Å². The number of nitrogens with one attached hydrogen (secondary N) is 1. The monoisotopic (exact) mass is 434 g/mol. The lowest BCUT2D eigenvalue weighted by Gasteiger charge is -2.20. The van der Waals surface area contributed by atoms with Gasteiger partial charge in [0, 0.05) is 11.3 Å². The molecule has 0 radical (unpaired) electrons. The van der Waals surface area contributed by atoms with Gasteiger partial charge >= 0.3 is 11.9 Å². The maximum absolute atomic E-state index is 12.8. The minimum Gasteiger partial charge on any atom is -0.468 e. The van der Waals surface area contributed by atoms with Crippen molar-refractivity contribution in [1.82, 2.24) is 4.90 Å². The number of ether oxygens (including phenoxy) is 2. The fourth-order valence-electron chi connectivity index (χ4n) is 2.45. The first-order valence-electron chi connectivity index (χ1n) is 8.78. The Kier molecular flexibility index (Phi) is 7.54. The van der Waals surface area contributed by atoms with Crippen molar-refractivity contribution in [3.05, 3.63) is 59.7 Å². The molecule has 0 spiro atoms. The van der Waals surface area contributed by atoms with Crippen molar-refractivity contribution < 1.29 is 32.3 Å². The fraction of sp³-hybridized carbons (Fsp3) is 0.250. The highest BCUT2D eigenvalue weighted by molar-refractivity contribution is 7.92. The Labute approximate surface area is 174 Å². The normalized spacial score (nSPS) is 10.8. The number of aryl methyl sites for hydroxylation is 1. The number of rotatable bonds is 8. The van der Waals surface area contributed by atoms with E-state index in [0.29, 0.717) is 5.69 Å². The van der Waals surface area contributed by atoms with Crippen molar-refractivity contribution in [3.8, 4) is 0 Å². The molecule has 0 aliphatic carbocycles. The van der Waals surface area contributed by atoms with E-state index in [0.717, 1.165) is 24.7 Å². The summed E-state index contributed by atoms with van der Waals surface area (Å²) in [6.07, 6.45) is 0. The van der Waals surface area contributed by atoms with E-state index in [9.17, 15) is 22.8 Å². The van der Waals surface area contributed by atoms with E-state index in [1.54, 1.807) is 24.3 Å². The lowest BCUT2D eigenvalue weighted by molar-refractivity contribution is -0.144. The lowest BCUT2D eigenvalue weighted by Crippen LogP contribution is -2.40. The number of hydrogen-bond donors (Lipinski definition) is 1. The third-order valence-corrected chi connectivity index (χ3v) is 5.46. The maximum atomic E-state index is 12.8. The third kappa shape index (κ3) is 6.05. The van der Waals surface area contributed by atoms with Gasteiger partial charge in [0.25, 0.3) is 15.9 Å². The molecule has 0 heterocycles. The molecule has 2 rings (SSSR count). The van der Waals surface area contributed by atoms with Gasteiger partial charge in [-0.1, -0.05) is 23.8 Å². The summed E-state index contributed by atoms with van der Waals surface area (Å²) >= 11 is 0. The number of sulfonamides is 1. The van der Waals surface area contributed by atoms with Gasteiger partial charge in [-0.3, -0.25) is 19.1 Å². The number of carbonyl (C=O) groups is 3. The van der Waals surface area contributed by atoms with Crippen molar-refractivity contribution in [2.45, 2.75) is 11.8 Å². The summed E-state index contributed by atoms with van der Waals surface area (Å²) in [6, 6.07) is 12.0. The Bertz CT molecular complexity index is 1020. The summed E-state index contributed by atoms with van der Waals surface area (Å²) in [5, 5.41) is 0. The first-order valence-corrected chi connectivity index (χ1v) is 10.3. The first kappa shape index (κ1) is 22.9. The molecule has 0 aliphatic rings. The van der Waals surface area contributed by atoms with Gasteiger partial charge in [-0.25, -0.2) is 8.42 Å². The Morgan fingerprint density at radius 1 is 0.933 bits per heavy atom. The van der Waals surface area contributed by atoms with Crippen LogP contribution >= 0.6 is 0 Å². The highest BCUT2D eigenvalue weighted by atomic mass is 32.2. The largest absolute Gasteiger partial charge is 0.468 e. The summed E-state index contributed by atoms with van der Waals surface area (Å²) in [7, 11) is -1.68. The molecule has 1 amide bonds. The average molecular weight is 434 g/mol. The van der Waals surface area contributed by atoms with Crippen LogP contribution in [0.2, 0.25) is 0 Å². The van der Waals surface area contributed by atoms with Crippen LogP contribution in [0.25, 0.3) is 0 Å². The number of nitrogens with zero attached hydrogens (tertiary/aromatic N) is 1. The van der Waals surface area contributed by atoms with E-state index in [1.165, 1.54) is 24.3 Å². The molecule has 0 bridgehead atoms. The minimum atomic E-state index is -3.97. The van der Waals surface area contributed by atoms with E-state index in [1.807, 2.05) is 6.92 Å². The second kappa shape index (κ2) is 9.88. The Morgan fingerprint density at radius 3 is 2.03 bits per heavy atom. The molecule has 0 aliphatic heterocycles. The molecule has 0 saturated heterocycles. The predicted octanol–water partition coefficient (Wildman–Crippen LogP) is 1.58. The zero-order chi connectivity index (χ0) is 22.3. The first-order chi connectivity index (χ1) is 14.2. The fourth-order valence-corrected chi connectivity index (χ4v) is 3.56. The molecule has 2 aromatic rings. The van der Waals surface area contributed by atoms with Gasteiger partial charge in [-0.2, -0.15) is 0 Å². The van der Waals surface area contributed by atoms with Crippen LogP contribution in [-0.4, -0.2) is 58.5 Å². The zero-order valence-electron chi connectivity index (χ0n) is 16.7. The van der Waals surface area contributed by atoms with Crippen molar-refractivity contribution >= 4 is 33.6 Å². The summed E-state index contributed by atoms with van der Waals surface area (Å²) < 4.78 is 36.9. The van der Waals surface area contributed by atoms with Gasteiger partial charge in [0.05, 0.1) is 19.1 Å². The van der Waals surface area contributed by atoms with Crippen molar-refractivity contribution in [1.29, 1.82) is 0 Å². The Morgan fingerprint density at radius 2 is 1.50 bits per heavy atom. The molecule has 10 heteroatoms. The number of anilines is 1. The maximum Gasteiger partial charge on any atom is 0.325 e. The summed E-state index contributed by atoms with van der Waals surface area (Å²) in [4.78, 5) is 36.8. The molecule has 0 unspecified atom stereocenters. The molecule has 30 heavy (non-hydrogen) atoms. The van der Waals surface area contributed by atoms with Gasteiger partial charge < -0.3 is 14.4 Å². The van der Waals surface area contributed by atoms with Crippen LogP contribution in [0.5, 0.6) is 0 Å². The lowest BCUT2D eigenvalue weighted by atomic mass is 10.2. The molecule has 9 nitrogen and oxygen atoms in total. The number of amides is 1. The van der Waals surface area contributed by atoms with Gasteiger partial charge in [-0.15, -0.1) is 0 Å². The molecule has 2 aromatic carbocycles. The van der Waals surface area contributed by atoms with E-state index < -0.39 is 41.0 Å². The number of esters is 2. The van der Waals surface area contributed by atoms with E-state index in [2.05, 4.69) is 14.2 Å². The minimum absolute atomic E-state index is 0.0189. The Hall–Kier alpha value is -3.40. The van der Waals surface area contributed by atoms with E-state index >= 15 is 0 Å². The number of methoxy groups -OCH3 is 2. The predicted molar refractivity (Wildman–Crippen MR) is 108 cm³/mol. The zero-order valence-corrected chi connectivity index (χ0v) is 17.6. The molecular weight excluding hydrogens is 412 g/mol. The topological polar surface area (TPSA) is 119 Å². The Balaban J connectivity index is 2.30. The van der Waals surface area contributed by atoms with Crippen molar-refractivity contribution in [2.24, 2.45) is 0 Å².